The average molecular weight is 546 g/mol. The van der Waals surface area contributed by atoms with Crippen molar-refractivity contribution in [2.24, 2.45) is 5.92 Å². The number of rotatable bonds is 6. The van der Waals surface area contributed by atoms with Crippen LogP contribution in [0.1, 0.15) is 51.2 Å². The fourth-order valence-electron chi connectivity index (χ4n) is 5.14. The van der Waals surface area contributed by atoms with Gasteiger partial charge in [0.25, 0.3) is 5.91 Å². The Labute approximate surface area is 233 Å². The second kappa shape index (κ2) is 11.5. The molecule has 0 radical (unpaired) electrons. The van der Waals surface area contributed by atoms with Gasteiger partial charge < -0.3 is 29.0 Å². The molecule has 3 heterocycles. The number of ether oxygens (including phenoxy) is 3. The van der Waals surface area contributed by atoms with E-state index in [1.165, 1.54) is 0 Å². The molecule has 40 heavy (non-hydrogen) atoms. The molecule has 3 aromatic rings. The highest BCUT2D eigenvalue weighted by atomic mass is 16.7. The summed E-state index contributed by atoms with van der Waals surface area (Å²) in [6.07, 6.45) is 5.13. The van der Waals surface area contributed by atoms with Crippen LogP contribution in [0, 0.1) is 5.92 Å². The molecule has 2 aliphatic rings. The third-order valence-electron chi connectivity index (χ3n) is 7.16. The van der Waals surface area contributed by atoms with Crippen molar-refractivity contribution in [1.82, 2.24) is 9.47 Å². The molecule has 1 fully saturated rings. The number of piperidine rings is 1. The number of anilines is 1. The summed E-state index contributed by atoms with van der Waals surface area (Å²) >= 11 is 0. The number of para-hydroxylation sites is 2. The molecule has 0 bridgehead atoms. The van der Waals surface area contributed by atoms with Gasteiger partial charge in [0.1, 0.15) is 5.60 Å². The first-order valence-electron chi connectivity index (χ1n) is 13.7. The SMILES string of the molecule is CC(C)(C)OC(=O)N1CCC(CCOC(=O)OCn2cc(/C=C3/C(=O)Nc4ccccc43)c3ccccc32)CC1. The predicted octanol–water partition coefficient (Wildman–Crippen LogP) is 6.28. The fraction of sp³-hybridized carbons (Fsp3) is 0.387. The zero-order valence-corrected chi connectivity index (χ0v) is 23.1. The van der Waals surface area contributed by atoms with E-state index in [9.17, 15) is 14.4 Å². The maximum Gasteiger partial charge on any atom is 0.510 e. The molecule has 0 unspecified atom stereocenters. The summed E-state index contributed by atoms with van der Waals surface area (Å²) in [5, 5.41) is 3.84. The Morgan fingerprint density at radius 1 is 1.02 bits per heavy atom. The Balaban J connectivity index is 1.13. The van der Waals surface area contributed by atoms with Crippen LogP contribution < -0.4 is 5.32 Å². The van der Waals surface area contributed by atoms with Crippen LogP contribution in [0.2, 0.25) is 0 Å². The summed E-state index contributed by atoms with van der Waals surface area (Å²) in [5.41, 5.74) is 3.47. The minimum atomic E-state index is -0.729. The van der Waals surface area contributed by atoms with Crippen molar-refractivity contribution in [3.8, 4) is 0 Å². The molecule has 9 nitrogen and oxygen atoms in total. The van der Waals surface area contributed by atoms with Gasteiger partial charge in [0, 0.05) is 47.1 Å². The van der Waals surface area contributed by atoms with Crippen LogP contribution >= 0.6 is 0 Å². The van der Waals surface area contributed by atoms with Crippen LogP contribution in [0.3, 0.4) is 0 Å². The Hall–Kier alpha value is -4.27. The Kier molecular flexibility index (Phi) is 7.82. The van der Waals surface area contributed by atoms with Gasteiger partial charge in [-0.15, -0.1) is 0 Å². The molecule has 9 heteroatoms. The smallest absolute Gasteiger partial charge is 0.444 e. The topological polar surface area (TPSA) is 99.1 Å². The Bertz CT molecular complexity index is 1440. The first kappa shape index (κ1) is 27.3. The molecule has 210 valence electrons. The number of nitrogens with one attached hydrogen (secondary N) is 1. The van der Waals surface area contributed by atoms with E-state index in [1.54, 1.807) is 4.90 Å². The van der Waals surface area contributed by atoms with Crippen molar-refractivity contribution in [1.29, 1.82) is 0 Å². The van der Waals surface area contributed by atoms with E-state index < -0.39 is 11.8 Å². The van der Waals surface area contributed by atoms with Gasteiger partial charge in [-0.1, -0.05) is 36.4 Å². The minimum absolute atomic E-state index is 0.0143. The Morgan fingerprint density at radius 2 is 1.75 bits per heavy atom. The van der Waals surface area contributed by atoms with Gasteiger partial charge in [-0.3, -0.25) is 4.79 Å². The lowest BCUT2D eigenvalue weighted by atomic mass is 9.94. The number of fused-ring (bicyclic) bond motifs is 2. The summed E-state index contributed by atoms with van der Waals surface area (Å²) in [6, 6.07) is 15.4. The van der Waals surface area contributed by atoms with Crippen molar-refractivity contribution in [2.75, 3.05) is 25.0 Å². The number of nitrogens with zero attached hydrogens (tertiary/aromatic N) is 2. The molecular weight excluding hydrogens is 510 g/mol. The van der Waals surface area contributed by atoms with Crippen molar-refractivity contribution >= 4 is 46.4 Å². The second-order valence-electron chi connectivity index (χ2n) is 11.2. The maximum atomic E-state index is 12.6. The summed E-state index contributed by atoms with van der Waals surface area (Å²) in [7, 11) is 0. The molecule has 1 N–H and O–H groups in total. The van der Waals surface area contributed by atoms with Crippen molar-refractivity contribution in [3.63, 3.8) is 0 Å². The quantitative estimate of drug-likeness (QED) is 0.289. The summed E-state index contributed by atoms with van der Waals surface area (Å²) in [4.78, 5) is 38.9. The van der Waals surface area contributed by atoms with Crippen LogP contribution in [0.25, 0.3) is 22.6 Å². The Morgan fingerprint density at radius 3 is 2.52 bits per heavy atom. The number of hydrogen-bond donors (Lipinski definition) is 1. The zero-order chi connectivity index (χ0) is 28.3. The van der Waals surface area contributed by atoms with Crippen molar-refractivity contribution in [3.05, 3.63) is 65.9 Å². The molecule has 2 aliphatic heterocycles. The standard InChI is InChI=1S/C31H35N3O6/c1-31(2,3)40-29(36)33-15-12-21(13-16-33)14-17-38-30(37)39-20-34-19-22(23-8-5-7-11-27(23)34)18-25-24-9-4-6-10-26(24)32-28(25)35/h4-11,18-19,21H,12-17,20H2,1-3H3,(H,32,35)/b25-18+. The van der Waals surface area contributed by atoms with Crippen LogP contribution in [0.5, 0.6) is 0 Å². The van der Waals surface area contributed by atoms with Gasteiger partial charge in [0.2, 0.25) is 0 Å². The number of benzene rings is 2. The zero-order valence-electron chi connectivity index (χ0n) is 23.1. The van der Waals surface area contributed by atoms with Gasteiger partial charge in [-0.2, -0.15) is 0 Å². The molecule has 5 rings (SSSR count). The lowest BCUT2D eigenvalue weighted by Gasteiger charge is -2.33. The van der Waals surface area contributed by atoms with E-state index >= 15 is 0 Å². The van der Waals surface area contributed by atoms with Crippen LogP contribution in [0.15, 0.2) is 54.7 Å². The predicted molar refractivity (Wildman–Crippen MR) is 152 cm³/mol. The number of likely N-dealkylation sites (tertiary alicyclic amines) is 1. The molecule has 0 saturated carbocycles. The van der Waals surface area contributed by atoms with Gasteiger partial charge in [0.15, 0.2) is 6.73 Å². The minimum Gasteiger partial charge on any atom is -0.444 e. The fourth-order valence-corrected chi connectivity index (χ4v) is 5.14. The van der Waals surface area contributed by atoms with Crippen molar-refractivity contribution in [2.45, 2.75) is 52.4 Å². The molecule has 1 aromatic heterocycles. The molecule has 2 amide bonds. The van der Waals surface area contributed by atoms with E-state index in [0.717, 1.165) is 40.6 Å². The van der Waals surface area contributed by atoms with Crippen LogP contribution in [0.4, 0.5) is 15.3 Å². The first-order valence-corrected chi connectivity index (χ1v) is 13.7. The third-order valence-corrected chi connectivity index (χ3v) is 7.16. The number of amides is 2. The number of carbonyl (C=O) groups excluding carboxylic acids is 3. The number of carbonyl (C=O) groups is 3. The lowest BCUT2D eigenvalue weighted by Crippen LogP contribution is -2.41. The van der Waals surface area contributed by atoms with E-state index in [4.69, 9.17) is 14.2 Å². The largest absolute Gasteiger partial charge is 0.510 e. The van der Waals surface area contributed by atoms with E-state index in [2.05, 4.69) is 5.32 Å². The van der Waals surface area contributed by atoms with E-state index in [0.29, 0.717) is 31.0 Å². The van der Waals surface area contributed by atoms with Crippen LogP contribution in [-0.4, -0.2) is 52.9 Å². The molecule has 1 saturated heterocycles. The number of aromatic nitrogens is 1. The lowest BCUT2D eigenvalue weighted by molar-refractivity contribution is -0.110. The van der Waals surface area contributed by atoms with E-state index in [1.807, 2.05) is 86.1 Å². The summed E-state index contributed by atoms with van der Waals surface area (Å²) < 4.78 is 18.0. The number of hydrogen-bond acceptors (Lipinski definition) is 6. The first-order chi connectivity index (χ1) is 19.2. The maximum absolute atomic E-state index is 12.6. The van der Waals surface area contributed by atoms with Gasteiger partial charge in [-0.05, 0) is 64.2 Å². The molecule has 0 atom stereocenters. The highest BCUT2D eigenvalue weighted by molar-refractivity contribution is 6.35. The van der Waals surface area contributed by atoms with Crippen LogP contribution in [-0.2, 0) is 25.7 Å². The highest BCUT2D eigenvalue weighted by Crippen LogP contribution is 2.34. The molecular formula is C31H35N3O6. The second-order valence-corrected chi connectivity index (χ2v) is 11.2. The monoisotopic (exact) mass is 545 g/mol. The van der Waals surface area contributed by atoms with E-state index in [-0.39, 0.29) is 25.3 Å². The van der Waals surface area contributed by atoms with Crippen molar-refractivity contribution < 1.29 is 28.6 Å². The summed E-state index contributed by atoms with van der Waals surface area (Å²) in [5.74, 6) is 0.224. The highest BCUT2D eigenvalue weighted by Gasteiger charge is 2.27. The van der Waals surface area contributed by atoms with Gasteiger partial charge in [-0.25, -0.2) is 9.59 Å². The molecule has 2 aromatic carbocycles. The molecule has 0 spiro atoms. The average Bonchev–Trinajstić information content (AvgIpc) is 3.44. The van der Waals surface area contributed by atoms with Gasteiger partial charge in [0.05, 0.1) is 12.1 Å². The normalized spacial score (nSPS) is 16.6. The van der Waals surface area contributed by atoms with Gasteiger partial charge >= 0.3 is 12.2 Å². The third kappa shape index (κ3) is 6.30. The molecule has 0 aliphatic carbocycles. The summed E-state index contributed by atoms with van der Waals surface area (Å²) in [6.45, 7) is 7.09.